The average molecular weight is 284 g/mol. The van der Waals surface area contributed by atoms with Gasteiger partial charge in [0.05, 0.1) is 16.9 Å². The van der Waals surface area contributed by atoms with Gasteiger partial charge in [-0.25, -0.2) is 4.98 Å². The molecular weight excluding hydrogens is 269 g/mol. The summed E-state index contributed by atoms with van der Waals surface area (Å²) < 4.78 is 0. The van der Waals surface area contributed by atoms with Gasteiger partial charge in [-0.15, -0.1) is 0 Å². The lowest BCUT2D eigenvalue weighted by molar-refractivity contribution is 0.639. The Balaban J connectivity index is 2.34. The maximum atomic E-state index is 6.16. The van der Waals surface area contributed by atoms with Gasteiger partial charge in [-0.05, 0) is 24.6 Å². The van der Waals surface area contributed by atoms with Gasteiger partial charge in [0.25, 0.3) is 0 Å². The highest BCUT2D eigenvalue weighted by Crippen LogP contribution is 2.30. The summed E-state index contributed by atoms with van der Waals surface area (Å²) in [4.78, 5) is 7.64. The summed E-state index contributed by atoms with van der Waals surface area (Å²) in [7, 11) is 0. The minimum atomic E-state index is 0.254. The Morgan fingerprint density at radius 3 is 2.78 bits per heavy atom. The van der Waals surface area contributed by atoms with Crippen LogP contribution < -0.4 is 5.73 Å². The first-order valence-corrected chi connectivity index (χ1v) is 6.61. The summed E-state index contributed by atoms with van der Waals surface area (Å²) in [6.07, 6.45) is 2.74. The van der Waals surface area contributed by atoms with Crippen molar-refractivity contribution >= 4 is 23.2 Å². The van der Waals surface area contributed by atoms with Gasteiger partial charge in [0, 0.05) is 23.0 Å². The molecule has 0 fully saturated rings. The molecule has 2 aromatic rings. The van der Waals surface area contributed by atoms with Gasteiger partial charge in [0.2, 0.25) is 0 Å². The lowest BCUT2D eigenvalue weighted by Gasteiger charge is -2.08. The highest BCUT2D eigenvalue weighted by atomic mass is 35.5. The van der Waals surface area contributed by atoms with E-state index >= 15 is 0 Å². The first-order valence-electron chi connectivity index (χ1n) is 5.86. The molecular formula is C13H15Cl2N3. The van der Waals surface area contributed by atoms with Crippen molar-refractivity contribution in [1.29, 1.82) is 0 Å². The number of benzene rings is 1. The molecule has 1 aromatic heterocycles. The number of nitrogens with zero attached hydrogens (tertiary/aromatic N) is 1. The van der Waals surface area contributed by atoms with Gasteiger partial charge in [-0.3, -0.25) is 0 Å². The second-order valence-corrected chi connectivity index (χ2v) is 4.99. The van der Waals surface area contributed by atoms with E-state index in [9.17, 15) is 0 Å². The van der Waals surface area contributed by atoms with Crippen molar-refractivity contribution in [3.8, 4) is 11.3 Å². The second-order valence-electron chi connectivity index (χ2n) is 4.15. The van der Waals surface area contributed by atoms with Crippen LogP contribution in [0.4, 0.5) is 0 Å². The number of nitrogens with two attached hydrogens (primary N) is 1. The third-order valence-electron chi connectivity index (χ3n) is 2.98. The molecule has 0 amide bonds. The summed E-state index contributed by atoms with van der Waals surface area (Å²) in [6, 6.07) is 5.41. The average Bonchev–Trinajstić information content (AvgIpc) is 2.80. The topological polar surface area (TPSA) is 54.7 Å². The fourth-order valence-electron chi connectivity index (χ4n) is 1.86. The zero-order chi connectivity index (χ0) is 13.1. The maximum Gasteiger partial charge on any atom is 0.110 e. The number of halogens is 2. The van der Waals surface area contributed by atoms with Crippen LogP contribution in [-0.2, 0) is 0 Å². The lowest BCUT2D eigenvalue weighted by Crippen LogP contribution is -2.12. The molecule has 18 heavy (non-hydrogen) atoms. The van der Waals surface area contributed by atoms with Crippen molar-refractivity contribution in [3.63, 3.8) is 0 Å². The number of nitrogens with one attached hydrogen (secondary N) is 1. The molecule has 5 heteroatoms. The van der Waals surface area contributed by atoms with Gasteiger partial charge in [-0.2, -0.15) is 0 Å². The van der Waals surface area contributed by atoms with Crippen LogP contribution in [0.5, 0.6) is 0 Å². The number of aromatic amines is 1. The van der Waals surface area contributed by atoms with E-state index in [-0.39, 0.29) is 5.92 Å². The first kappa shape index (κ1) is 13.4. The quantitative estimate of drug-likeness (QED) is 0.896. The van der Waals surface area contributed by atoms with Crippen molar-refractivity contribution < 1.29 is 0 Å². The van der Waals surface area contributed by atoms with E-state index in [0.29, 0.717) is 16.6 Å². The molecule has 0 aliphatic heterocycles. The van der Waals surface area contributed by atoms with Crippen molar-refractivity contribution in [3.05, 3.63) is 40.3 Å². The summed E-state index contributed by atoms with van der Waals surface area (Å²) in [5, 5.41) is 1.23. The van der Waals surface area contributed by atoms with E-state index in [2.05, 4.69) is 16.9 Å². The lowest BCUT2D eigenvalue weighted by atomic mass is 10.1. The molecule has 0 saturated heterocycles. The van der Waals surface area contributed by atoms with Crippen LogP contribution in [0.25, 0.3) is 11.3 Å². The van der Waals surface area contributed by atoms with Crippen LogP contribution in [0.1, 0.15) is 25.1 Å². The molecule has 0 aliphatic carbocycles. The summed E-state index contributed by atoms with van der Waals surface area (Å²) in [5.41, 5.74) is 7.49. The molecule has 96 valence electrons. The van der Waals surface area contributed by atoms with E-state index in [1.165, 1.54) is 0 Å². The molecule has 0 spiro atoms. The molecule has 0 saturated carbocycles. The molecule has 1 heterocycles. The van der Waals surface area contributed by atoms with Crippen LogP contribution in [0.15, 0.2) is 24.4 Å². The van der Waals surface area contributed by atoms with Crippen LogP contribution in [-0.4, -0.2) is 16.5 Å². The van der Waals surface area contributed by atoms with E-state index in [4.69, 9.17) is 28.9 Å². The zero-order valence-corrected chi connectivity index (χ0v) is 11.6. The van der Waals surface area contributed by atoms with Gasteiger partial charge in [0.15, 0.2) is 0 Å². The Hall–Kier alpha value is -1.03. The smallest absolute Gasteiger partial charge is 0.110 e. The predicted molar refractivity (Wildman–Crippen MR) is 76.1 cm³/mol. The molecule has 2 rings (SSSR count). The molecule has 0 radical (unpaired) electrons. The molecule has 1 atom stereocenters. The largest absolute Gasteiger partial charge is 0.342 e. The van der Waals surface area contributed by atoms with Crippen LogP contribution in [0, 0.1) is 0 Å². The third kappa shape index (κ3) is 2.69. The Kier molecular flexibility index (Phi) is 4.27. The van der Waals surface area contributed by atoms with Gasteiger partial charge in [0.1, 0.15) is 5.82 Å². The summed E-state index contributed by atoms with van der Waals surface area (Å²) >= 11 is 12.0. The molecule has 0 aliphatic rings. The monoisotopic (exact) mass is 283 g/mol. The van der Waals surface area contributed by atoms with Gasteiger partial charge >= 0.3 is 0 Å². The number of hydrogen-bond acceptors (Lipinski definition) is 2. The van der Waals surface area contributed by atoms with E-state index in [0.717, 1.165) is 23.5 Å². The first-order chi connectivity index (χ1) is 8.65. The Labute approximate surface area is 116 Å². The highest BCUT2D eigenvalue weighted by Gasteiger charge is 2.13. The predicted octanol–water partition coefficient (Wildman–Crippen LogP) is 3.84. The number of hydrogen-bond donors (Lipinski definition) is 2. The Morgan fingerprint density at radius 1 is 1.39 bits per heavy atom. The number of rotatable bonds is 4. The Bertz CT molecular complexity index is 533. The second kappa shape index (κ2) is 5.74. The van der Waals surface area contributed by atoms with E-state index < -0.39 is 0 Å². The standard InChI is InChI=1S/C13H15Cl2N3/c1-2-8(6-16)13-17-7-12(18-13)10-4-3-9(14)5-11(10)15/h3-5,7-8H,2,6,16H2,1H3,(H,17,18). The fourth-order valence-corrected chi connectivity index (χ4v) is 2.37. The number of aromatic nitrogens is 2. The molecule has 3 nitrogen and oxygen atoms in total. The van der Waals surface area contributed by atoms with Crippen LogP contribution in [0.2, 0.25) is 10.0 Å². The molecule has 1 aromatic carbocycles. The van der Waals surface area contributed by atoms with E-state index in [1.807, 2.05) is 12.1 Å². The van der Waals surface area contributed by atoms with E-state index in [1.54, 1.807) is 12.3 Å². The minimum absolute atomic E-state index is 0.254. The fraction of sp³-hybridized carbons (Fsp3) is 0.308. The van der Waals surface area contributed by atoms with Gasteiger partial charge < -0.3 is 10.7 Å². The Morgan fingerprint density at radius 2 is 2.17 bits per heavy atom. The normalized spacial score (nSPS) is 12.7. The van der Waals surface area contributed by atoms with Crippen LogP contribution >= 0.6 is 23.2 Å². The minimum Gasteiger partial charge on any atom is -0.342 e. The van der Waals surface area contributed by atoms with Crippen molar-refractivity contribution in [2.45, 2.75) is 19.3 Å². The van der Waals surface area contributed by atoms with Crippen molar-refractivity contribution in [2.75, 3.05) is 6.54 Å². The summed E-state index contributed by atoms with van der Waals surface area (Å²) in [6.45, 7) is 2.67. The third-order valence-corrected chi connectivity index (χ3v) is 3.53. The summed E-state index contributed by atoms with van der Waals surface area (Å²) in [5.74, 6) is 1.16. The van der Waals surface area contributed by atoms with Gasteiger partial charge in [-0.1, -0.05) is 30.1 Å². The van der Waals surface area contributed by atoms with Crippen molar-refractivity contribution in [2.24, 2.45) is 5.73 Å². The number of imidazole rings is 1. The SMILES string of the molecule is CCC(CN)c1ncc(-c2ccc(Cl)cc2Cl)[nH]1. The highest BCUT2D eigenvalue weighted by molar-refractivity contribution is 6.36. The molecule has 1 unspecified atom stereocenters. The molecule has 3 N–H and O–H groups in total. The number of H-pyrrole nitrogens is 1. The zero-order valence-electron chi connectivity index (χ0n) is 10.1. The molecule has 0 bridgehead atoms. The van der Waals surface area contributed by atoms with Crippen LogP contribution in [0.3, 0.4) is 0 Å². The maximum absolute atomic E-state index is 6.16. The van der Waals surface area contributed by atoms with Crippen molar-refractivity contribution in [1.82, 2.24) is 9.97 Å².